The molecular weight excluding hydrogens is 957 g/mol. The lowest BCUT2D eigenvalue weighted by molar-refractivity contribution is -0.141. The summed E-state index contributed by atoms with van der Waals surface area (Å²) < 4.78 is 18.2. The number of nitrogen functional groups attached to an aromatic ring is 1. The summed E-state index contributed by atoms with van der Waals surface area (Å²) in [6, 6.07) is 23.3. The lowest BCUT2D eigenvalue weighted by Crippen LogP contribution is -2.54. The van der Waals surface area contributed by atoms with E-state index in [0.29, 0.717) is 66.8 Å². The maximum absolute atomic E-state index is 14.2. The smallest absolute Gasteiger partial charge is 0.254 e. The van der Waals surface area contributed by atoms with Crippen LogP contribution < -0.4 is 30.3 Å². The zero-order chi connectivity index (χ0) is 51.5. The number of thiazole rings is 1. The van der Waals surface area contributed by atoms with Gasteiger partial charge in [-0.15, -0.1) is 21.5 Å². The molecule has 2 amide bonds. The van der Waals surface area contributed by atoms with E-state index in [2.05, 4.69) is 81.4 Å². The van der Waals surface area contributed by atoms with Gasteiger partial charge in [-0.2, -0.15) is 0 Å². The molecule has 19 heteroatoms. The summed E-state index contributed by atoms with van der Waals surface area (Å²) in [5.41, 5.74) is 14.5. The normalized spacial score (nSPS) is 21.0. The van der Waals surface area contributed by atoms with Crippen molar-refractivity contribution >= 4 is 40.3 Å². The molecule has 0 aliphatic carbocycles. The fraction of sp³-hybridized carbons (Fsp3) is 0.473. The molecule has 6 aromatic rings. The molecule has 2 bridgehead atoms. The molecule has 4 aliphatic rings. The molecule has 4 N–H and O–H groups in total. The molecule has 390 valence electrons. The Balaban J connectivity index is 0.660. The van der Waals surface area contributed by atoms with Gasteiger partial charge in [0.15, 0.2) is 11.6 Å². The summed E-state index contributed by atoms with van der Waals surface area (Å²) in [5, 5.41) is 26.4. The van der Waals surface area contributed by atoms with Crippen LogP contribution in [0.4, 0.5) is 17.2 Å². The molecular formula is C55H68N12O6S. The van der Waals surface area contributed by atoms with Gasteiger partial charge >= 0.3 is 0 Å². The van der Waals surface area contributed by atoms with Crippen molar-refractivity contribution in [3.05, 3.63) is 102 Å². The van der Waals surface area contributed by atoms with Crippen LogP contribution in [0.15, 0.2) is 89.0 Å². The van der Waals surface area contributed by atoms with E-state index in [1.807, 2.05) is 69.7 Å². The van der Waals surface area contributed by atoms with Crippen LogP contribution in [0.5, 0.6) is 17.5 Å². The molecule has 10 rings (SSSR count). The van der Waals surface area contributed by atoms with Gasteiger partial charge in [-0.05, 0) is 92.9 Å². The van der Waals surface area contributed by atoms with E-state index in [1.54, 1.807) is 34.4 Å². The number of para-hydroxylation sites is 1. The van der Waals surface area contributed by atoms with Crippen LogP contribution in [0.1, 0.15) is 82.4 Å². The second kappa shape index (κ2) is 22.3. The summed E-state index contributed by atoms with van der Waals surface area (Å²) in [6.45, 7) is 17.4. The highest BCUT2D eigenvalue weighted by Gasteiger charge is 2.42. The number of rotatable bonds is 18. The van der Waals surface area contributed by atoms with E-state index in [4.69, 9.17) is 19.7 Å². The Morgan fingerprint density at radius 1 is 0.892 bits per heavy atom. The molecule has 0 spiro atoms. The minimum Gasteiger partial charge on any atom is -0.507 e. The van der Waals surface area contributed by atoms with Crippen molar-refractivity contribution in [2.75, 3.05) is 81.1 Å². The standard InChI is InChI=1S/C55H68N12O6S/c1-34(2)51(55(70)66-20-8-10-45(66)54(69)59-36(4)38-12-14-39(15-13-38)52-37(5)58-33-74-52)48-29-50(62-73-48)72-25-23-63-21-22-64(35(3)30-63)24-26-71-49-27-40(18-19-57-49)67-41-16-17-42(67)32-65(31-41)46-28-44(60-61-53(46)56)43-9-6-7-11-47(43)68/h6-7,9,11-15,18-19,27-29,33-36,41-42,45,51,68H,8,10,16-17,20-26,30-32H2,1-5H3,(H2,56,61)(H,59,69)/t35-,36+,41+,42+,45+,51-/m1/s1. The molecule has 0 saturated carbocycles. The van der Waals surface area contributed by atoms with Crippen molar-refractivity contribution in [2.45, 2.75) is 96.4 Å². The van der Waals surface area contributed by atoms with Gasteiger partial charge in [-0.1, -0.05) is 50.2 Å². The highest BCUT2D eigenvalue weighted by atomic mass is 32.1. The van der Waals surface area contributed by atoms with Crippen LogP contribution in [0.2, 0.25) is 0 Å². The number of hydrogen-bond donors (Lipinski definition) is 3. The predicted octanol–water partition coefficient (Wildman–Crippen LogP) is 7.18. The van der Waals surface area contributed by atoms with Gasteiger partial charge in [0.05, 0.1) is 33.5 Å². The van der Waals surface area contributed by atoms with Gasteiger partial charge in [0, 0.05) is 100 Å². The third-order valence-electron chi connectivity index (χ3n) is 15.3. The molecule has 2 aromatic carbocycles. The number of benzene rings is 2. The van der Waals surface area contributed by atoms with Crippen molar-refractivity contribution in [1.82, 2.24) is 45.3 Å². The minimum absolute atomic E-state index is 0.0917. The summed E-state index contributed by atoms with van der Waals surface area (Å²) in [7, 11) is 0. The molecule has 4 aromatic heterocycles. The Hall–Kier alpha value is -6.83. The third-order valence-corrected chi connectivity index (χ3v) is 16.3. The van der Waals surface area contributed by atoms with Gasteiger partial charge < -0.3 is 44.9 Å². The Morgan fingerprint density at radius 3 is 2.41 bits per heavy atom. The molecule has 8 heterocycles. The molecule has 4 saturated heterocycles. The predicted molar refractivity (Wildman–Crippen MR) is 285 cm³/mol. The third kappa shape index (κ3) is 11.0. The topological polar surface area (TPSA) is 205 Å². The van der Waals surface area contributed by atoms with Gasteiger partial charge in [-0.3, -0.25) is 19.4 Å². The number of anilines is 3. The molecule has 74 heavy (non-hydrogen) atoms. The van der Waals surface area contributed by atoms with Crippen LogP contribution in [-0.4, -0.2) is 147 Å². The van der Waals surface area contributed by atoms with Gasteiger partial charge in [-0.25, -0.2) is 9.97 Å². The van der Waals surface area contributed by atoms with Gasteiger partial charge in [0.2, 0.25) is 17.7 Å². The van der Waals surface area contributed by atoms with E-state index in [9.17, 15) is 14.7 Å². The molecule has 4 fully saturated rings. The number of nitrogens with zero attached hydrogens (tertiary/aromatic N) is 10. The highest BCUT2D eigenvalue weighted by Crippen LogP contribution is 2.40. The summed E-state index contributed by atoms with van der Waals surface area (Å²) >= 11 is 1.61. The lowest BCUT2D eigenvalue weighted by Gasteiger charge is -2.43. The first-order chi connectivity index (χ1) is 35.9. The van der Waals surface area contributed by atoms with E-state index in [1.165, 1.54) is 0 Å². The van der Waals surface area contributed by atoms with E-state index < -0.39 is 12.0 Å². The average Bonchev–Trinajstić information content (AvgIpc) is 4.22. The molecule has 0 unspecified atom stereocenters. The van der Waals surface area contributed by atoms with E-state index in [0.717, 1.165) is 98.1 Å². The number of aromatic hydroxyl groups is 1. The monoisotopic (exact) mass is 1020 g/mol. The number of fused-ring (bicyclic) bond motifs is 2. The molecule has 0 radical (unpaired) electrons. The van der Waals surface area contributed by atoms with Crippen LogP contribution in [0, 0.1) is 12.8 Å². The SMILES string of the molecule is Cc1ncsc1-c1ccc([C@H](C)NC(=O)[C@@H]2CCCN2C(=O)[C@@H](c2cc(OCCN3CCN(CCOc4cc(N5[C@H]6CC[C@H]5CN(c5cc(-c7ccccc7O)nnc5N)C6)ccn4)[C@H](C)C3)no2)C(C)C)cc1. The zero-order valence-corrected chi connectivity index (χ0v) is 43.8. The number of nitrogens with one attached hydrogen (secondary N) is 1. The van der Waals surface area contributed by atoms with Crippen molar-refractivity contribution in [3.63, 3.8) is 0 Å². The fourth-order valence-corrected chi connectivity index (χ4v) is 12.2. The molecule has 6 atom stereocenters. The van der Waals surface area contributed by atoms with Crippen molar-refractivity contribution in [1.29, 1.82) is 0 Å². The largest absolute Gasteiger partial charge is 0.507 e. The zero-order valence-electron chi connectivity index (χ0n) is 43.0. The number of piperazine rings is 2. The number of nitrogens with two attached hydrogens (primary N) is 1. The van der Waals surface area contributed by atoms with Crippen molar-refractivity contribution in [2.24, 2.45) is 5.92 Å². The first-order valence-corrected chi connectivity index (χ1v) is 27.0. The second-order valence-corrected chi connectivity index (χ2v) is 21.4. The number of phenols is 1. The Morgan fingerprint density at radius 2 is 1.66 bits per heavy atom. The Bertz CT molecular complexity index is 2880. The van der Waals surface area contributed by atoms with Crippen molar-refractivity contribution < 1.29 is 28.7 Å². The van der Waals surface area contributed by atoms with Crippen LogP contribution in [0.3, 0.4) is 0 Å². The van der Waals surface area contributed by atoms with E-state index in [-0.39, 0.29) is 41.6 Å². The Labute approximate surface area is 436 Å². The Kier molecular flexibility index (Phi) is 15.3. The molecule has 4 aliphatic heterocycles. The number of aryl methyl sites for hydroxylation is 1. The number of carbonyl (C=O) groups is 2. The highest BCUT2D eigenvalue weighted by molar-refractivity contribution is 7.13. The maximum Gasteiger partial charge on any atom is 0.254 e. The first kappa shape index (κ1) is 50.7. The number of phenolic OH excluding ortho intramolecular Hbond substituents is 1. The lowest BCUT2D eigenvalue weighted by atomic mass is 9.91. The van der Waals surface area contributed by atoms with Gasteiger partial charge in [0.1, 0.15) is 30.9 Å². The number of hydrogen-bond acceptors (Lipinski definition) is 17. The summed E-state index contributed by atoms with van der Waals surface area (Å²) in [4.78, 5) is 49.4. The first-order valence-electron chi connectivity index (χ1n) is 26.1. The number of carbonyl (C=O) groups excluding carboxylic acids is 2. The fourth-order valence-electron chi connectivity index (χ4n) is 11.4. The van der Waals surface area contributed by atoms with Crippen molar-refractivity contribution in [3.8, 4) is 39.2 Å². The quantitative estimate of drug-likeness (QED) is 0.0780. The van der Waals surface area contributed by atoms with Crippen LogP contribution in [-0.2, 0) is 9.59 Å². The average molecular weight is 1030 g/mol. The minimum atomic E-state index is -0.604. The maximum atomic E-state index is 14.2. The van der Waals surface area contributed by atoms with Gasteiger partial charge in [0.25, 0.3) is 5.88 Å². The summed E-state index contributed by atoms with van der Waals surface area (Å²) in [5.74, 6) is 0.979. The van der Waals surface area contributed by atoms with Crippen LogP contribution in [0.25, 0.3) is 21.7 Å². The molecule has 18 nitrogen and oxygen atoms in total. The van der Waals surface area contributed by atoms with E-state index >= 15 is 0 Å². The second-order valence-electron chi connectivity index (χ2n) is 20.5. The van der Waals surface area contributed by atoms with Crippen LogP contribution >= 0.6 is 11.3 Å². The number of likely N-dealkylation sites (tertiary alicyclic amines) is 1. The number of pyridine rings is 1. The number of amides is 2. The number of aromatic nitrogens is 5. The number of ether oxygens (including phenoxy) is 2. The summed E-state index contributed by atoms with van der Waals surface area (Å²) in [6.07, 6.45) is 5.33.